The minimum Gasteiger partial charge on any atom is -0.354 e. The summed E-state index contributed by atoms with van der Waals surface area (Å²) in [5.74, 6) is -0.938. The van der Waals surface area contributed by atoms with Crippen molar-refractivity contribution < 1.29 is 18.0 Å². The SMILES string of the molecule is CCCCNC(=O)C(C)N(Cc1ccc(Cl)cc1Cl)C(=O)CN(c1ccc(Cl)cc1C)S(=O)(=O)c1ccc(C)cc1. The van der Waals surface area contributed by atoms with Gasteiger partial charge in [0, 0.05) is 28.2 Å². The predicted octanol–water partition coefficient (Wildman–Crippen LogP) is 6.79. The van der Waals surface area contributed by atoms with E-state index in [2.05, 4.69) is 5.32 Å². The van der Waals surface area contributed by atoms with Gasteiger partial charge in [0.15, 0.2) is 0 Å². The fraction of sp³-hybridized carbons (Fsp3) is 0.333. The molecule has 3 rings (SSSR count). The van der Waals surface area contributed by atoms with Crippen molar-refractivity contribution >= 4 is 62.3 Å². The molecule has 1 atom stereocenters. The number of anilines is 1. The summed E-state index contributed by atoms with van der Waals surface area (Å²) in [4.78, 5) is 28.5. The molecular formula is C30H34Cl3N3O4S. The van der Waals surface area contributed by atoms with Crippen molar-refractivity contribution in [1.29, 1.82) is 0 Å². The third-order valence-corrected chi connectivity index (χ3v) is 9.26. The van der Waals surface area contributed by atoms with Crippen LogP contribution in [0, 0.1) is 13.8 Å². The summed E-state index contributed by atoms with van der Waals surface area (Å²) in [6.45, 7) is 7.06. The lowest BCUT2D eigenvalue weighted by Gasteiger charge is -2.32. The molecular weight excluding hydrogens is 605 g/mol. The van der Waals surface area contributed by atoms with Gasteiger partial charge in [-0.25, -0.2) is 8.42 Å². The molecule has 1 N–H and O–H groups in total. The average molecular weight is 639 g/mol. The van der Waals surface area contributed by atoms with Gasteiger partial charge in [0.1, 0.15) is 12.6 Å². The number of nitrogens with zero attached hydrogens (tertiary/aromatic N) is 2. The van der Waals surface area contributed by atoms with Gasteiger partial charge in [-0.15, -0.1) is 0 Å². The normalized spacial score (nSPS) is 12.1. The summed E-state index contributed by atoms with van der Waals surface area (Å²) >= 11 is 18.7. The number of benzene rings is 3. The van der Waals surface area contributed by atoms with E-state index in [-0.39, 0.29) is 17.3 Å². The fourth-order valence-electron chi connectivity index (χ4n) is 4.20. The second-order valence-electron chi connectivity index (χ2n) is 9.83. The summed E-state index contributed by atoms with van der Waals surface area (Å²) in [5, 5.41) is 4.04. The van der Waals surface area contributed by atoms with Gasteiger partial charge in [-0.2, -0.15) is 0 Å². The van der Waals surface area contributed by atoms with Crippen LogP contribution in [0.4, 0.5) is 5.69 Å². The van der Waals surface area contributed by atoms with Crippen LogP contribution in [0.3, 0.4) is 0 Å². The zero-order chi connectivity index (χ0) is 30.3. The van der Waals surface area contributed by atoms with Crippen LogP contribution in [0.1, 0.15) is 43.4 Å². The number of amides is 2. The Morgan fingerprint density at radius 3 is 2.17 bits per heavy atom. The van der Waals surface area contributed by atoms with Crippen LogP contribution < -0.4 is 9.62 Å². The number of nitrogens with one attached hydrogen (secondary N) is 1. The Morgan fingerprint density at radius 1 is 0.927 bits per heavy atom. The van der Waals surface area contributed by atoms with Gasteiger partial charge < -0.3 is 10.2 Å². The summed E-state index contributed by atoms with van der Waals surface area (Å²) in [6, 6.07) is 15.1. The molecule has 0 saturated carbocycles. The molecule has 41 heavy (non-hydrogen) atoms. The minimum atomic E-state index is -4.19. The summed E-state index contributed by atoms with van der Waals surface area (Å²) < 4.78 is 29.0. The highest BCUT2D eigenvalue weighted by Crippen LogP contribution is 2.30. The van der Waals surface area contributed by atoms with Gasteiger partial charge >= 0.3 is 0 Å². The summed E-state index contributed by atoms with van der Waals surface area (Å²) in [7, 11) is -4.19. The lowest BCUT2D eigenvalue weighted by molar-refractivity contribution is -0.139. The fourth-order valence-corrected chi connectivity index (χ4v) is 6.38. The Labute approximate surface area is 257 Å². The molecule has 11 heteroatoms. The van der Waals surface area contributed by atoms with Gasteiger partial charge in [0.05, 0.1) is 10.6 Å². The number of hydrogen-bond acceptors (Lipinski definition) is 4. The van der Waals surface area contributed by atoms with Crippen molar-refractivity contribution in [1.82, 2.24) is 10.2 Å². The zero-order valence-electron chi connectivity index (χ0n) is 23.5. The van der Waals surface area contributed by atoms with Gasteiger partial charge in [-0.3, -0.25) is 13.9 Å². The molecule has 7 nitrogen and oxygen atoms in total. The zero-order valence-corrected chi connectivity index (χ0v) is 26.5. The Hall–Kier alpha value is -2.78. The topological polar surface area (TPSA) is 86.8 Å². The van der Waals surface area contributed by atoms with E-state index in [0.29, 0.717) is 38.4 Å². The largest absolute Gasteiger partial charge is 0.354 e. The van der Waals surface area contributed by atoms with Crippen molar-refractivity contribution in [2.45, 2.75) is 58.0 Å². The number of aryl methyl sites for hydroxylation is 2. The molecule has 0 saturated heterocycles. The molecule has 0 aliphatic heterocycles. The highest BCUT2D eigenvalue weighted by Gasteiger charge is 2.33. The Balaban J connectivity index is 2.06. The quantitative estimate of drug-likeness (QED) is 0.221. The number of sulfonamides is 1. The Bertz CT molecular complexity index is 1500. The standard InChI is InChI=1S/C30H34Cl3N3O4S/c1-5-6-15-34-30(38)22(4)35(18-23-9-10-25(32)17-27(23)33)29(37)19-36(28-14-11-24(31)16-21(28)3)41(39,40)26-12-7-20(2)8-13-26/h7-14,16-17,22H,5-6,15,18-19H2,1-4H3,(H,34,38). The van der Waals surface area contributed by atoms with Crippen LogP contribution >= 0.6 is 34.8 Å². The van der Waals surface area contributed by atoms with Crippen LogP contribution in [0.15, 0.2) is 65.6 Å². The van der Waals surface area contributed by atoms with Crippen molar-refractivity contribution in [3.8, 4) is 0 Å². The molecule has 2 amide bonds. The Morgan fingerprint density at radius 2 is 1.56 bits per heavy atom. The van der Waals surface area contributed by atoms with E-state index < -0.39 is 28.5 Å². The molecule has 0 radical (unpaired) electrons. The third kappa shape index (κ3) is 8.38. The number of rotatable bonds is 12. The van der Waals surface area contributed by atoms with Crippen molar-refractivity contribution in [3.63, 3.8) is 0 Å². The van der Waals surface area contributed by atoms with Crippen LogP contribution in [0.2, 0.25) is 15.1 Å². The van der Waals surface area contributed by atoms with E-state index in [1.807, 2.05) is 13.8 Å². The van der Waals surface area contributed by atoms with Crippen molar-refractivity contribution in [2.24, 2.45) is 0 Å². The minimum absolute atomic E-state index is 0.0305. The van der Waals surface area contributed by atoms with E-state index in [4.69, 9.17) is 34.8 Å². The lowest BCUT2D eigenvalue weighted by Crippen LogP contribution is -2.51. The molecule has 0 fully saturated rings. The molecule has 1 unspecified atom stereocenters. The molecule has 0 aliphatic rings. The van der Waals surface area contributed by atoms with E-state index >= 15 is 0 Å². The molecule has 0 heterocycles. The van der Waals surface area contributed by atoms with Crippen LogP contribution in [-0.2, 0) is 26.2 Å². The first-order valence-corrected chi connectivity index (χ1v) is 15.8. The molecule has 0 bridgehead atoms. The molecule has 0 aromatic heterocycles. The maximum Gasteiger partial charge on any atom is 0.264 e. The van der Waals surface area contributed by atoms with Crippen LogP contribution in [-0.4, -0.2) is 44.3 Å². The van der Waals surface area contributed by atoms with E-state index in [9.17, 15) is 18.0 Å². The van der Waals surface area contributed by atoms with Gasteiger partial charge in [0.25, 0.3) is 10.0 Å². The number of hydrogen-bond donors (Lipinski definition) is 1. The second kappa shape index (κ2) is 14.4. The Kier molecular flexibility index (Phi) is 11.5. The molecule has 3 aromatic carbocycles. The number of carbonyl (C=O) groups excluding carboxylic acids is 2. The van der Waals surface area contributed by atoms with Crippen molar-refractivity contribution in [3.05, 3.63) is 92.4 Å². The second-order valence-corrected chi connectivity index (χ2v) is 13.0. The summed E-state index contributed by atoms with van der Waals surface area (Å²) in [5.41, 5.74) is 2.32. The molecule has 3 aromatic rings. The van der Waals surface area contributed by atoms with Gasteiger partial charge in [-0.05, 0) is 80.8 Å². The van der Waals surface area contributed by atoms with Crippen LogP contribution in [0.25, 0.3) is 0 Å². The lowest BCUT2D eigenvalue weighted by atomic mass is 10.1. The average Bonchev–Trinajstić information content (AvgIpc) is 2.91. The summed E-state index contributed by atoms with van der Waals surface area (Å²) in [6.07, 6.45) is 1.68. The van der Waals surface area contributed by atoms with E-state index in [0.717, 1.165) is 22.7 Å². The number of unbranched alkanes of at least 4 members (excludes halogenated alkanes) is 1. The van der Waals surface area contributed by atoms with Crippen molar-refractivity contribution in [2.75, 3.05) is 17.4 Å². The first kappa shape index (κ1) is 32.7. The van der Waals surface area contributed by atoms with E-state index in [1.165, 1.54) is 17.0 Å². The smallest absolute Gasteiger partial charge is 0.264 e. The highest BCUT2D eigenvalue weighted by atomic mass is 35.5. The van der Waals surface area contributed by atoms with Gasteiger partial charge in [0.2, 0.25) is 11.8 Å². The maximum absolute atomic E-state index is 14.0. The van der Waals surface area contributed by atoms with E-state index in [1.54, 1.807) is 62.4 Å². The number of halogens is 3. The van der Waals surface area contributed by atoms with Gasteiger partial charge in [-0.1, -0.05) is 71.9 Å². The van der Waals surface area contributed by atoms with Crippen LogP contribution in [0.5, 0.6) is 0 Å². The first-order valence-electron chi connectivity index (χ1n) is 13.2. The highest BCUT2D eigenvalue weighted by molar-refractivity contribution is 7.92. The predicted molar refractivity (Wildman–Crippen MR) is 166 cm³/mol. The molecule has 220 valence electrons. The maximum atomic E-state index is 14.0. The first-order chi connectivity index (χ1) is 19.3. The third-order valence-electron chi connectivity index (χ3n) is 6.67. The molecule has 0 spiro atoms. The monoisotopic (exact) mass is 637 g/mol. The number of carbonyl (C=O) groups is 2. The molecule has 0 aliphatic carbocycles.